The third kappa shape index (κ3) is 4.86. The summed E-state index contributed by atoms with van der Waals surface area (Å²) in [5.74, 6) is -0.0466. The number of carbonyl (C=O) groups is 2. The highest BCUT2D eigenvalue weighted by molar-refractivity contribution is 6.33. The second-order valence-electron chi connectivity index (χ2n) is 6.65. The van der Waals surface area contributed by atoms with Gasteiger partial charge in [0, 0.05) is 6.54 Å². The first-order valence-corrected chi connectivity index (χ1v) is 7.96. The van der Waals surface area contributed by atoms with Crippen molar-refractivity contribution in [3.05, 3.63) is 33.8 Å². The Morgan fingerprint density at radius 3 is 2.48 bits per heavy atom. The van der Waals surface area contributed by atoms with Gasteiger partial charge in [0.25, 0.3) is 0 Å². The van der Waals surface area contributed by atoms with Crippen LogP contribution in [0.2, 0.25) is 5.02 Å². The second kappa shape index (κ2) is 6.79. The Morgan fingerprint density at radius 1 is 1.30 bits per heavy atom. The lowest BCUT2D eigenvalue weighted by molar-refractivity contribution is 0.0521. The molecule has 2 rings (SSSR count). The fourth-order valence-corrected chi connectivity index (χ4v) is 2.57. The molecule has 0 aliphatic heterocycles. The number of esters is 1. The summed E-state index contributed by atoms with van der Waals surface area (Å²) in [7, 11) is 1.33. The standard InChI is InChI=1S/C17H22ClNO4/c1-17(2,3)23-16(21)19-9-11-7-14(18)13(15(20)22-4)8-12(11)10-5-6-10/h7-8,10H,5-6,9H2,1-4H3,(H,19,21). The van der Waals surface area contributed by atoms with Crippen LogP contribution in [0.25, 0.3) is 0 Å². The van der Waals surface area contributed by atoms with E-state index in [1.54, 1.807) is 12.1 Å². The highest BCUT2D eigenvalue weighted by atomic mass is 35.5. The molecule has 6 heteroatoms. The first kappa shape index (κ1) is 17.6. The van der Waals surface area contributed by atoms with Gasteiger partial charge in [-0.05, 0) is 62.8 Å². The van der Waals surface area contributed by atoms with Crippen molar-refractivity contribution in [1.29, 1.82) is 0 Å². The van der Waals surface area contributed by atoms with Crippen molar-refractivity contribution in [3.8, 4) is 0 Å². The molecule has 23 heavy (non-hydrogen) atoms. The number of hydrogen-bond donors (Lipinski definition) is 1. The zero-order chi connectivity index (χ0) is 17.2. The van der Waals surface area contributed by atoms with Crippen molar-refractivity contribution in [2.75, 3.05) is 7.11 Å². The Balaban J connectivity index is 2.16. The van der Waals surface area contributed by atoms with E-state index in [4.69, 9.17) is 21.1 Å². The van der Waals surface area contributed by atoms with Crippen LogP contribution in [0, 0.1) is 0 Å². The molecule has 1 aromatic rings. The predicted molar refractivity (Wildman–Crippen MR) is 87.8 cm³/mol. The topological polar surface area (TPSA) is 64.6 Å². The number of alkyl carbamates (subject to hydrolysis) is 1. The molecule has 0 heterocycles. The minimum Gasteiger partial charge on any atom is -0.465 e. The number of amides is 1. The lowest BCUT2D eigenvalue weighted by atomic mass is 10.00. The van der Waals surface area contributed by atoms with Crippen LogP contribution in [0.1, 0.15) is 61.0 Å². The summed E-state index contributed by atoms with van der Waals surface area (Å²) in [4.78, 5) is 23.6. The zero-order valence-electron chi connectivity index (χ0n) is 13.9. The SMILES string of the molecule is COC(=O)c1cc(C2CC2)c(CNC(=O)OC(C)(C)C)cc1Cl. The third-order valence-corrected chi connectivity index (χ3v) is 3.79. The van der Waals surface area contributed by atoms with E-state index in [-0.39, 0.29) is 0 Å². The van der Waals surface area contributed by atoms with E-state index in [1.165, 1.54) is 7.11 Å². The number of hydrogen-bond acceptors (Lipinski definition) is 4. The molecular formula is C17H22ClNO4. The fourth-order valence-electron chi connectivity index (χ4n) is 2.31. The van der Waals surface area contributed by atoms with Crippen LogP contribution in [0.5, 0.6) is 0 Å². The molecule has 0 atom stereocenters. The van der Waals surface area contributed by atoms with Gasteiger partial charge in [-0.15, -0.1) is 0 Å². The number of ether oxygens (including phenoxy) is 2. The number of halogens is 1. The quantitative estimate of drug-likeness (QED) is 0.841. The van der Waals surface area contributed by atoms with Crippen molar-refractivity contribution in [1.82, 2.24) is 5.32 Å². The number of nitrogens with one attached hydrogen (secondary N) is 1. The molecule has 5 nitrogen and oxygen atoms in total. The van der Waals surface area contributed by atoms with E-state index in [0.29, 0.717) is 23.0 Å². The van der Waals surface area contributed by atoms with Crippen molar-refractivity contribution in [2.24, 2.45) is 0 Å². The molecule has 126 valence electrons. The number of rotatable bonds is 4. The van der Waals surface area contributed by atoms with Gasteiger partial charge >= 0.3 is 12.1 Å². The second-order valence-corrected chi connectivity index (χ2v) is 7.06. The molecule has 1 aromatic carbocycles. The number of methoxy groups -OCH3 is 1. The third-order valence-electron chi connectivity index (χ3n) is 3.47. The minimum atomic E-state index is -0.546. The summed E-state index contributed by atoms with van der Waals surface area (Å²) in [5.41, 5.74) is 1.74. The smallest absolute Gasteiger partial charge is 0.407 e. The summed E-state index contributed by atoms with van der Waals surface area (Å²) in [6.45, 7) is 5.74. The molecule has 1 saturated carbocycles. The van der Waals surface area contributed by atoms with Crippen LogP contribution in [-0.2, 0) is 16.0 Å². The molecular weight excluding hydrogens is 318 g/mol. The van der Waals surface area contributed by atoms with Gasteiger partial charge in [0.05, 0.1) is 17.7 Å². The van der Waals surface area contributed by atoms with Crippen molar-refractivity contribution in [2.45, 2.75) is 51.7 Å². The lowest BCUT2D eigenvalue weighted by Crippen LogP contribution is -2.32. The Bertz CT molecular complexity index is 618. The molecule has 1 amide bonds. The van der Waals surface area contributed by atoms with Gasteiger partial charge in [-0.2, -0.15) is 0 Å². The fraction of sp³-hybridized carbons (Fsp3) is 0.529. The van der Waals surface area contributed by atoms with Gasteiger partial charge in [0.1, 0.15) is 5.60 Å². The highest BCUT2D eigenvalue weighted by Gasteiger charge is 2.28. The largest absolute Gasteiger partial charge is 0.465 e. The molecule has 0 saturated heterocycles. The van der Waals surface area contributed by atoms with Crippen LogP contribution in [0.15, 0.2) is 12.1 Å². The molecule has 1 aliphatic carbocycles. The Kier molecular flexibility index (Phi) is 5.19. The maximum absolute atomic E-state index is 11.8. The molecule has 0 spiro atoms. The van der Waals surface area contributed by atoms with E-state index in [0.717, 1.165) is 24.0 Å². The molecule has 1 aliphatic rings. The first-order valence-electron chi connectivity index (χ1n) is 7.58. The van der Waals surface area contributed by atoms with Crippen molar-refractivity contribution >= 4 is 23.7 Å². The van der Waals surface area contributed by atoms with Gasteiger partial charge in [-0.25, -0.2) is 9.59 Å². The average molecular weight is 340 g/mol. The van der Waals surface area contributed by atoms with Crippen LogP contribution in [-0.4, -0.2) is 24.8 Å². The van der Waals surface area contributed by atoms with Gasteiger partial charge < -0.3 is 14.8 Å². The summed E-state index contributed by atoms with van der Waals surface area (Å²) in [5, 5.41) is 3.05. The van der Waals surface area contributed by atoms with E-state index in [2.05, 4.69) is 5.32 Å². The maximum Gasteiger partial charge on any atom is 0.407 e. The molecule has 0 bridgehead atoms. The van der Waals surface area contributed by atoms with Gasteiger partial charge in [-0.1, -0.05) is 11.6 Å². The molecule has 1 fully saturated rings. The van der Waals surface area contributed by atoms with Crippen LogP contribution in [0.4, 0.5) is 4.79 Å². The van der Waals surface area contributed by atoms with Gasteiger partial charge in [0.15, 0.2) is 0 Å². The summed E-state index contributed by atoms with van der Waals surface area (Å²) in [6, 6.07) is 3.50. The van der Waals surface area contributed by atoms with Crippen molar-refractivity contribution < 1.29 is 19.1 Å². The zero-order valence-corrected chi connectivity index (χ0v) is 14.6. The average Bonchev–Trinajstić information content (AvgIpc) is 3.27. The van der Waals surface area contributed by atoms with E-state index in [1.807, 2.05) is 20.8 Å². The minimum absolute atomic E-state index is 0.307. The molecule has 0 unspecified atom stereocenters. The first-order chi connectivity index (χ1) is 10.7. The Morgan fingerprint density at radius 2 is 1.96 bits per heavy atom. The maximum atomic E-state index is 11.8. The Labute approximate surface area is 141 Å². The molecule has 0 aromatic heterocycles. The van der Waals surface area contributed by atoms with E-state index < -0.39 is 17.7 Å². The van der Waals surface area contributed by atoms with Crippen LogP contribution < -0.4 is 5.32 Å². The Hall–Kier alpha value is -1.75. The van der Waals surface area contributed by atoms with Crippen LogP contribution >= 0.6 is 11.6 Å². The summed E-state index contributed by atoms with van der Waals surface area (Å²) >= 11 is 6.18. The van der Waals surface area contributed by atoms with E-state index in [9.17, 15) is 9.59 Å². The van der Waals surface area contributed by atoms with Crippen molar-refractivity contribution in [3.63, 3.8) is 0 Å². The number of carbonyl (C=O) groups excluding carboxylic acids is 2. The van der Waals surface area contributed by atoms with Crippen LogP contribution in [0.3, 0.4) is 0 Å². The van der Waals surface area contributed by atoms with Gasteiger partial charge in [0.2, 0.25) is 0 Å². The molecule has 1 N–H and O–H groups in total. The van der Waals surface area contributed by atoms with Gasteiger partial charge in [-0.3, -0.25) is 0 Å². The molecule has 0 radical (unpaired) electrons. The lowest BCUT2D eigenvalue weighted by Gasteiger charge is -2.20. The predicted octanol–water partition coefficient (Wildman–Crippen LogP) is 4.03. The monoisotopic (exact) mass is 339 g/mol. The highest BCUT2D eigenvalue weighted by Crippen LogP contribution is 2.43. The normalized spacial score (nSPS) is 14.3. The van der Waals surface area contributed by atoms with E-state index >= 15 is 0 Å². The number of benzene rings is 1. The summed E-state index contributed by atoms with van der Waals surface area (Å²) in [6.07, 6.45) is 1.66. The summed E-state index contributed by atoms with van der Waals surface area (Å²) < 4.78 is 9.98.